The molecule has 4 aliphatic rings. The topological polar surface area (TPSA) is 20.2 Å². The second-order valence-electron chi connectivity index (χ2n) is 8.30. The molecule has 3 saturated carbocycles. The van der Waals surface area contributed by atoms with Crippen LogP contribution in [0.4, 0.5) is 0 Å². The van der Waals surface area contributed by atoms with Gasteiger partial charge in [0, 0.05) is 5.41 Å². The van der Waals surface area contributed by atoms with Crippen molar-refractivity contribution in [1.82, 2.24) is 0 Å². The molecule has 0 aromatic rings. The predicted molar refractivity (Wildman–Crippen MR) is 85.5 cm³/mol. The third-order valence-electron chi connectivity index (χ3n) is 7.76. The average molecular weight is 284 g/mol. The molecule has 0 aromatic carbocycles. The highest BCUT2D eigenvalue weighted by atomic mass is 16.3. The quantitative estimate of drug-likeness (QED) is 0.519. The highest BCUT2D eigenvalue weighted by Crippen LogP contribution is 2.64. The maximum atomic E-state index is 10.9. The van der Waals surface area contributed by atoms with Gasteiger partial charge in [-0.2, -0.15) is 0 Å². The fraction of sp³-hybridized carbons (Fsp3) is 0.800. The van der Waals surface area contributed by atoms with Gasteiger partial charge in [-0.3, -0.25) is 0 Å². The van der Waals surface area contributed by atoms with E-state index in [0.717, 1.165) is 37.0 Å². The molecule has 4 aliphatic carbocycles. The normalized spacial score (nSPS) is 52.1. The minimum Gasteiger partial charge on any atom is -0.377 e. The minimum absolute atomic E-state index is 0.0388. The highest BCUT2D eigenvalue weighted by Gasteiger charge is 2.61. The van der Waals surface area contributed by atoms with E-state index in [0.29, 0.717) is 5.92 Å². The number of hydrogen-bond donors (Lipinski definition) is 1. The van der Waals surface area contributed by atoms with Crippen LogP contribution in [0.15, 0.2) is 11.6 Å². The highest BCUT2D eigenvalue weighted by molar-refractivity contribution is 5.25. The van der Waals surface area contributed by atoms with Crippen molar-refractivity contribution in [1.29, 1.82) is 0 Å². The standard InChI is InChI=1S/C20H28O/c1-3-20(21)13-11-18-17-9-8-14-6-4-5-7-15(14)16(17)10-12-19(18,20)2/h1,8,15-18,21H,4-7,9-13H2,2H3. The summed E-state index contributed by atoms with van der Waals surface area (Å²) in [6.07, 6.45) is 19.5. The van der Waals surface area contributed by atoms with Gasteiger partial charge in [0.15, 0.2) is 0 Å². The summed E-state index contributed by atoms with van der Waals surface area (Å²) >= 11 is 0. The van der Waals surface area contributed by atoms with E-state index in [4.69, 9.17) is 6.42 Å². The van der Waals surface area contributed by atoms with Crippen molar-refractivity contribution in [3.8, 4) is 12.3 Å². The monoisotopic (exact) mass is 284 g/mol. The molecule has 0 heterocycles. The molecule has 6 atom stereocenters. The van der Waals surface area contributed by atoms with Crippen LogP contribution in [0.5, 0.6) is 0 Å². The Kier molecular flexibility index (Phi) is 3.06. The lowest BCUT2D eigenvalue weighted by Gasteiger charge is -2.54. The summed E-state index contributed by atoms with van der Waals surface area (Å²) < 4.78 is 0. The van der Waals surface area contributed by atoms with E-state index < -0.39 is 5.60 Å². The molecule has 6 unspecified atom stereocenters. The van der Waals surface area contributed by atoms with Crippen LogP contribution in [-0.2, 0) is 0 Å². The lowest BCUT2D eigenvalue weighted by molar-refractivity contribution is -0.0813. The van der Waals surface area contributed by atoms with Gasteiger partial charge in [0.2, 0.25) is 0 Å². The first-order chi connectivity index (χ1) is 10.1. The van der Waals surface area contributed by atoms with Gasteiger partial charge in [0.05, 0.1) is 0 Å². The zero-order valence-electron chi connectivity index (χ0n) is 13.3. The van der Waals surface area contributed by atoms with Gasteiger partial charge in [0.1, 0.15) is 5.60 Å². The molecular formula is C20H28O. The molecule has 0 bridgehead atoms. The van der Waals surface area contributed by atoms with Crippen LogP contribution in [0.2, 0.25) is 0 Å². The van der Waals surface area contributed by atoms with E-state index in [-0.39, 0.29) is 5.41 Å². The number of rotatable bonds is 0. The molecular weight excluding hydrogens is 256 g/mol. The van der Waals surface area contributed by atoms with Gasteiger partial charge >= 0.3 is 0 Å². The third kappa shape index (κ3) is 1.75. The van der Waals surface area contributed by atoms with E-state index in [9.17, 15) is 5.11 Å². The van der Waals surface area contributed by atoms with Crippen LogP contribution < -0.4 is 0 Å². The molecule has 0 spiro atoms. The van der Waals surface area contributed by atoms with Gasteiger partial charge in [-0.05, 0) is 75.0 Å². The summed E-state index contributed by atoms with van der Waals surface area (Å²) in [6.45, 7) is 2.28. The maximum Gasteiger partial charge on any atom is 0.130 e. The van der Waals surface area contributed by atoms with E-state index in [1.165, 1.54) is 38.5 Å². The Balaban J connectivity index is 1.67. The lowest BCUT2D eigenvalue weighted by atomic mass is 9.51. The van der Waals surface area contributed by atoms with Crippen molar-refractivity contribution in [2.75, 3.05) is 0 Å². The van der Waals surface area contributed by atoms with Crippen LogP contribution in [0.25, 0.3) is 0 Å². The average Bonchev–Trinajstić information content (AvgIpc) is 2.79. The first-order valence-corrected chi connectivity index (χ1v) is 8.98. The molecule has 4 rings (SSSR count). The molecule has 0 radical (unpaired) electrons. The Hall–Kier alpha value is -0.740. The van der Waals surface area contributed by atoms with Crippen molar-refractivity contribution in [3.63, 3.8) is 0 Å². The van der Waals surface area contributed by atoms with E-state index in [1.54, 1.807) is 5.57 Å². The fourth-order valence-electron chi connectivity index (χ4n) is 6.50. The molecule has 0 amide bonds. The Morgan fingerprint density at radius 1 is 1.19 bits per heavy atom. The Morgan fingerprint density at radius 2 is 2.05 bits per heavy atom. The summed E-state index contributed by atoms with van der Waals surface area (Å²) in [5.41, 5.74) is 0.888. The van der Waals surface area contributed by atoms with Gasteiger partial charge in [-0.15, -0.1) is 6.42 Å². The smallest absolute Gasteiger partial charge is 0.130 e. The Bertz CT molecular complexity index is 512. The number of fused-ring (bicyclic) bond motifs is 5. The summed E-state index contributed by atoms with van der Waals surface area (Å²) in [7, 11) is 0. The van der Waals surface area contributed by atoms with Gasteiger partial charge in [-0.1, -0.05) is 30.9 Å². The Morgan fingerprint density at radius 3 is 2.86 bits per heavy atom. The third-order valence-corrected chi connectivity index (χ3v) is 7.76. The fourth-order valence-corrected chi connectivity index (χ4v) is 6.50. The molecule has 0 aliphatic heterocycles. The SMILES string of the molecule is C#CC1(O)CCC2C3CC=C4CCCCC4C3CCC21C. The van der Waals surface area contributed by atoms with Crippen LogP contribution in [0, 0.1) is 41.4 Å². The zero-order chi connectivity index (χ0) is 14.7. The number of hydrogen-bond acceptors (Lipinski definition) is 1. The molecule has 21 heavy (non-hydrogen) atoms. The maximum absolute atomic E-state index is 10.9. The molecule has 1 N–H and O–H groups in total. The number of terminal acetylenes is 1. The molecule has 114 valence electrons. The summed E-state index contributed by atoms with van der Waals surface area (Å²) in [5.74, 6) is 5.92. The van der Waals surface area contributed by atoms with Crippen molar-refractivity contribution in [3.05, 3.63) is 11.6 Å². The van der Waals surface area contributed by atoms with Crippen LogP contribution in [0.3, 0.4) is 0 Å². The molecule has 1 nitrogen and oxygen atoms in total. The van der Waals surface area contributed by atoms with Crippen LogP contribution in [-0.4, -0.2) is 10.7 Å². The van der Waals surface area contributed by atoms with E-state index >= 15 is 0 Å². The summed E-state index contributed by atoms with van der Waals surface area (Å²) in [6, 6.07) is 0. The number of allylic oxidation sites excluding steroid dienone is 2. The van der Waals surface area contributed by atoms with Gasteiger partial charge < -0.3 is 5.11 Å². The van der Waals surface area contributed by atoms with Crippen molar-refractivity contribution in [2.45, 2.75) is 70.3 Å². The largest absolute Gasteiger partial charge is 0.377 e. The number of aliphatic hydroxyl groups is 1. The van der Waals surface area contributed by atoms with Crippen molar-refractivity contribution < 1.29 is 5.11 Å². The zero-order valence-corrected chi connectivity index (χ0v) is 13.3. The summed E-state index contributed by atoms with van der Waals surface area (Å²) in [4.78, 5) is 0. The predicted octanol–water partition coefficient (Wildman–Crippen LogP) is 4.31. The van der Waals surface area contributed by atoms with E-state index in [1.807, 2.05) is 0 Å². The second-order valence-corrected chi connectivity index (χ2v) is 8.30. The minimum atomic E-state index is -0.848. The molecule has 0 aromatic heterocycles. The van der Waals surface area contributed by atoms with Gasteiger partial charge in [0.25, 0.3) is 0 Å². The van der Waals surface area contributed by atoms with Crippen LogP contribution >= 0.6 is 0 Å². The second kappa shape index (κ2) is 4.63. The molecule has 1 heteroatoms. The molecule has 3 fully saturated rings. The van der Waals surface area contributed by atoms with E-state index in [2.05, 4.69) is 18.9 Å². The Labute approximate surface area is 129 Å². The molecule has 0 saturated heterocycles. The summed E-state index contributed by atoms with van der Waals surface area (Å²) in [5, 5.41) is 10.9. The first kappa shape index (κ1) is 13.9. The van der Waals surface area contributed by atoms with Crippen LogP contribution in [0.1, 0.15) is 64.7 Å². The van der Waals surface area contributed by atoms with Gasteiger partial charge in [-0.25, -0.2) is 0 Å². The van der Waals surface area contributed by atoms with Crippen molar-refractivity contribution in [2.24, 2.45) is 29.1 Å². The lowest BCUT2D eigenvalue weighted by Crippen LogP contribution is -2.51. The first-order valence-electron chi connectivity index (χ1n) is 8.98. The van der Waals surface area contributed by atoms with Crippen molar-refractivity contribution >= 4 is 0 Å².